The maximum Gasteiger partial charge on any atom is 0.222 e. The van der Waals surface area contributed by atoms with Gasteiger partial charge in [0.15, 0.2) is 5.96 Å². The minimum atomic E-state index is 0. The second-order valence-electron chi connectivity index (χ2n) is 5.91. The summed E-state index contributed by atoms with van der Waals surface area (Å²) in [5.74, 6) is 0.713. The number of halogens is 1. The maximum atomic E-state index is 11.6. The van der Waals surface area contributed by atoms with Crippen LogP contribution < -0.4 is 11.1 Å². The van der Waals surface area contributed by atoms with Gasteiger partial charge in [-0.05, 0) is 30.9 Å². The number of nitrogens with one attached hydrogen (secondary N) is 1. The Morgan fingerprint density at radius 3 is 2.68 bits per heavy atom. The van der Waals surface area contributed by atoms with Gasteiger partial charge in [-0.1, -0.05) is 24.3 Å². The van der Waals surface area contributed by atoms with Crippen LogP contribution in [0.3, 0.4) is 0 Å². The van der Waals surface area contributed by atoms with E-state index in [4.69, 9.17) is 10.5 Å². The van der Waals surface area contributed by atoms with Crippen molar-refractivity contribution in [3.8, 4) is 0 Å². The van der Waals surface area contributed by atoms with Crippen molar-refractivity contribution in [3.05, 3.63) is 35.4 Å². The highest BCUT2D eigenvalue weighted by molar-refractivity contribution is 14.0. The molecule has 0 unspecified atom stereocenters. The van der Waals surface area contributed by atoms with E-state index >= 15 is 0 Å². The number of nitrogens with zero attached hydrogens (tertiary/aromatic N) is 2. The average molecular weight is 460 g/mol. The van der Waals surface area contributed by atoms with Crippen LogP contribution in [-0.2, 0) is 22.6 Å². The fourth-order valence-electron chi connectivity index (χ4n) is 2.61. The lowest BCUT2D eigenvalue weighted by Crippen LogP contribution is -2.32. The van der Waals surface area contributed by atoms with Gasteiger partial charge in [0.05, 0.1) is 6.54 Å². The summed E-state index contributed by atoms with van der Waals surface area (Å²) >= 11 is 0. The first-order chi connectivity index (χ1) is 11.7. The zero-order valence-corrected chi connectivity index (χ0v) is 17.2. The van der Waals surface area contributed by atoms with Gasteiger partial charge in [-0.3, -0.25) is 4.79 Å². The lowest BCUT2D eigenvalue weighted by molar-refractivity contribution is -0.128. The second kappa shape index (κ2) is 12.1. The van der Waals surface area contributed by atoms with Crippen LogP contribution in [-0.4, -0.2) is 43.1 Å². The van der Waals surface area contributed by atoms with E-state index in [0.717, 1.165) is 50.3 Å². The predicted octanol–water partition coefficient (Wildman–Crippen LogP) is 2.26. The van der Waals surface area contributed by atoms with E-state index in [1.165, 1.54) is 0 Å². The number of hydrogen-bond acceptors (Lipinski definition) is 3. The summed E-state index contributed by atoms with van der Waals surface area (Å²) in [5.41, 5.74) is 8.10. The SMILES string of the molecule is CCOCCCNC(N)=NCc1ccc(CN2CCCC2=O)cc1.I. The largest absolute Gasteiger partial charge is 0.382 e. The van der Waals surface area contributed by atoms with Crippen LogP contribution in [0.15, 0.2) is 29.3 Å². The summed E-state index contributed by atoms with van der Waals surface area (Å²) < 4.78 is 5.26. The molecule has 1 saturated heterocycles. The smallest absolute Gasteiger partial charge is 0.222 e. The van der Waals surface area contributed by atoms with Crippen molar-refractivity contribution in [3.63, 3.8) is 0 Å². The molecule has 1 aliphatic rings. The molecule has 7 heteroatoms. The molecule has 0 spiro atoms. The van der Waals surface area contributed by atoms with Crippen LogP contribution in [0.5, 0.6) is 0 Å². The van der Waals surface area contributed by atoms with E-state index in [9.17, 15) is 4.79 Å². The minimum absolute atomic E-state index is 0. The summed E-state index contributed by atoms with van der Waals surface area (Å²) in [7, 11) is 0. The van der Waals surface area contributed by atoms with Gasteiger partial charge < -0.3 is 20.7 Å². The zero-order valence-electron chi connectivity index (χ0n) is 14.9. The average Bonchev–Trinajstić information content (AvgIpc) is 2.99. The Morgan fingerprint density at radius 2 is 2.04 bits per heavy atom. The summed E-state index contributed by atoms with van der Waals surface area (Å²) in [6, 6.07) is 8.20. The fourth-order valence-corrected chi connectivity index (χ4v) is 2.61. The number of carbonyl (C=O) groups is 1. The third-order valence-electron chi connectivity index (χ3n) is 3.98. The Balaban J connectivity index is 0.00000312. The molecule has 0 saturated carbocycles. The predicted molar refractivity (Wildman–Crippen MR) is 111 cm³/mol. The number of hydrogen-bond donors (Lipinski definition) is 2. The van der Waals surface area contributed by atoms with Crippen molar-refractivity contribution in [2.75, 3.05) is 26.3 Å². The molecule has 0 bridgehead atoms. The normalized spacial score (nSPS) is 14.5. The van der Waals surface area contributed by atoms with Crippen molar-refractivity contribution in [2.45, 2.75) is 39.3 Å². The molecule has 6 nitrogen and oxygen atoms in total. The summed E-state index contributed by atoms with van der Waals surface area (Å²) in [4.78, 5) is 17.9. The topological polar surface area (TPSA) is 80.0 Å². The van der Waals surface area contributed by atoms with Crippen LogP contribution in [0.25, 0.3) is 0 Å². The molecule has 2 rings (SSSR count). The molecule has 140 valence electrons. The molecule has 1 aliphatic heterocycles. The van der Waals surface area contributed by atoms with E-state index in [0.29, 0.717) is 25.5 Å². The Kier molecular flexibility index (Phi) is 10.5. The first kappa shape index (κ1) is 21.7. The highest BCUT2D eigenvalue weighted by atomic mass is 127. The van der Waals surface area contributed by atoms with Gasteiger partial charge in [0.25, 0.3) is 0 Å². The first-order valence-corrected chi connectivity index (χ1v) is 8.66. The molecule has 0 radical (unpaired) electrons. The van der Waals surface area contributed by atoms with Gasteiger partial charge in [0.2, 0.25) is 5.91 Å². The Morgan fingerprint density at radius 1 is 1.32 bits per heavy atom. The van der Waals surface area contributed by atoms with Gasteiger partial charge in [-0.2, -0.15) is 0 Å². The molecule has 1 heterocycles. The molecular formula is C18H29IN4O2. The van der Waals surface area contributed by atoms with Crippen LogP contribution in [0.1, 0.15) is 37.3 Å². The van der Waals surface area contributed by atoms with Crippen LogP contribution in [0, 0.1) is 0 Å². The number of nitrogens with two attached hydrogens (primary N) is 1. The van der Waals surface area contributed by atoms with Crippen molar-refractivity contribution in [1.82, 2.24) is 10.2 Å². The number of amides is 1. The van der Waals surface area contributed by atoms with Crippen molar-refractivity contribution in [2.24, 2.45) is 10.7 Å². The second-order valence-corrected chi connectivity index (χ2v) is 5.91. The van der Waals surface area contributed by atoms with E-state index in [1.807, 2.05) is 24.0 Å². The number of aliphatic imine (C=N–C) groups is 1. The van der Waals surface area contributed by atoms with Gasteiger partial charge in [-0.25, -0.2) is 4.99 Å². The van der Waals surface area contributed by atoms with E-state index < -0.39 is 0 Å². The standard InChI is InChI=1S/C18H28N4O2.HI/c1-2-24-12-4-10-20-18(19)21-13-15-6-8-16(9-7-15)14-22-11-3-5-17(22)23;/h6-9H,2-5,10-14H2,1H3,(H3,19,20,21);1H. The van der Waals surface area contributed by atoms with Crippen molar-refractivity contribution >= 4 is 35.8 Å². The third-order valence-corrected chi connectivity index (χ3v) is 3.98. The molecule has 3 N–H and O–H groups in total. The molecule has 1 amide bonds. The van der Waals surface area contributed by atoms with Crippen LogP contribution >= 0.6 is 24.0 Å². The molecule has 25 heavy (non-hydrogen) atoms. The van der Waals surface area contributed by atoms with E-state index in [-0.39, 0.29) is 29.9 Å². The third kappa shape index (κ3) is 8.04. The maximum absolute atomic E-state index is 11.6. The zero-order chi connectivity index (χ0) is 17.2. The van der Waals surface area contributed by atoms with Crippen LogP contribution in [0.2, 0.25) is 0 Å². The lowest BCUT2D eigenvalue weighted by atomic mass is 10.1. The molecule has 1 aromatic rings. The summed E-state index contributed by atoms with van der Waals surface area (Å²) in [5, 5.41) is 3.08. The molecule has 0 aliphatic carbocycles. The van der Waals surface area contributed by atoms with Gasteiger partial charge in [0, 0.05) is 39.3 Å². The van der Waals surface area contributed by atoms with Crippen molar-refractivity contribution in [1.29, 1.82) is 0 Å². The fraction of sp³-hybridized carbons (Fsp3) is 0.556. The minimum Gasteiger partial charge on any atom is -0.382 e. The summed E-state index contributed by atoms with van der Waals surface area (Å²) in [6.07, 6.45) is 2.57. The Labute approximate surface area is 167 Å². The Hall–Kier alpha value is -1.35. The van der Waals surface area contributed by atoms with Crippen LogP contribution in [0.4, 0.5) is 0 Å². The highest BCUT2D eigenvalue weighted by Crippen LogP contribution is 2.15. The molecular weight excluding hydrogens is 431 g/mol. The number of benzene rings is 1. The van der Waals surface area contributed by atoms with Gasteiger partial charge in [-0.15, -0.1) is 24.0 Å². The van der Waals surface area contributed by atoms with Crippen molar-refractivity contribution < 1.29 is 9.53 Å². The lowest BCUT2D eigenvalue weighted by Gasteiger charge is -2.15. The number of guanidine groups is 1. The number of likely N-dealkylation sites (tertiary alicyclic amines) is 1. The van der Waals surface area contributed by atoms with E-state index in [1.54, 1.807) is 0 Å². The molecule has 0 aromatic heterocycles. The Bertz CT molecular complexity index is 549. The number of ether oxygens (including phenoxy) is 1. The quantitative estimate of drug-likeness (QED) is 0.257. The first-order valence-electron chi connectivity index (χ1n) is 8.66. The van der Waals surface area contributed by atoms with Gasteiger partial charge >= 0.3 is 0 Å². The number of carbonyl (C=O) groups excluding carboxylic acids is 1. The molecule has 0 atom stereocenters. The van der Waals surface area contributed by atoms with Gasteiger partial charge in [0.1, 0.15) is 0 Å². The summed E-state index contributed by atoms with van der Waals surface area (Å²) in [6.45, 7) is 6.34. The number of rotatable bonds is 9. The van der Waals surface area contributed by atoms with E-state index in [2.05, 4.69) is 22.4 Å². The monoisotopic (exact) mass is 460 g/mol. The molecule has 1 fully saturated rings. The molecule has 1 aromatic carbocycles. The highest BCUT2D eigenvalue weighted by Gasteiger charge is 2.19.